The number of carboxylic acids is 1. The predicted octanol–water partition coefficient (Wildman–Crippen LogP) is -11.6. The molecule has 0 aliphatic carbocycles. The van der Waals surface area contributed by atoms with Crippen LogP contribution in [-0.2, 0) is 56.8 Å². The van der Waals surface area contributed by atoms with Crippen molar-refractivity contribution in [2.24, 2.45) is 0 Å². The number of para-hydroxylation sites is 1. The molecule has 0 unspecified atom stereocenters. The van der Waals surface area contributed by atoms with Crippen molar-refractivity contribution in [1.29, 1.82) is 0 Å². The summed E-state index contributed by atoms with van der Waals surface area (Å²) in [5, 5.41) is 209. The maximum Gasteiger partial charge on any atom is 0.339 e. The number of carboxylic acid groups (broad SMARTS) is 1. The van der Waals surface area contributed by atoms with Gasteiger partial charge in [0.1, 0.15) is 146 Å². The molecule has 19 N–H and O–H groups in total. The number of aromatic carboxylic acids is 1. The van der Waals surface area contributed by atoms with Crippen molar-refractivity contribution in [2.75, 3.05) is 39.6 Å². The minimum absolute atomic E-state index is 0.646. The molecular formula is C43H64O33. The molecule has 22 aliphatic heterocycles. The molecule has 33 heteroatoms. The number of hydrogen-bond donors (Lipinski definition) is 19. The number of phenols is 1. The van der Waals surface area contributed by atoms with E-state index in [1.165, 1.54) is 0 Å². The fraction of sp³-hybridized carbons (Fsp3) is 0.837. The number of benzene rings is 1. The molecule has 23 rings (SSSR count). The lowest BCUT2D eigenvalue weighted by Crippen LogP contribution is -2.69. The van der Waals surface area contributed by atoms with Gasteiger partial charge in [0.2, 0.25) is 0 Å². The average molecular weight is 1110 g/mol. The monoisotopic (exact) mass is 1110 g/mol. The van der Waals surface area contributed by atoms with Gasteiger partial charge in [-0.15, -0.1) is 0 Å². The maximum absolute atomic E-state index is 12.0. The number of aliphatic hydroxyl groups is 17. The second-order valence-electron chi connectivity index (χ2n) is 18.9. The van der Waals surface area contributed by atoms with Crippen LogP contribution in [0.15, 0.2) is 18.2 Å². The standard InChI is InChI=1S/C43H64O33/c44-4-12-30-19(51)24(56)38(65-12)72-31-13(5-45)67-40(26(58)21(31)53)74-33-15(7-47)69-42(28(60)23(33)55)76-35-17(9-49)70-43(29(61)36(35)64-11-3-1-2-10(18(11)50)37(62)63)75-34-16(8-48)68-41(27(59)22(34)54)73-32-14(6-46)66-39(71-30)25(57)20(32)52/h1-3,12-17,19-36,38-61H,4-9H2,(H,62,63)/t12-,13-,14-,15-,16-,17-,19-,20-,21-,22-,23-,24-,25-,26-,27-,28-,29-,30-,31-,32-,33-,34-,35+,36-,38-,39-,40-,41-,42-,43-/m1/s1. The molecule has 22 heterocycles. The Labute approximate surface area is 428 Å². The fourth-order valence-corrected chi connectivity index (χ4v) is 9.98. The van der Waals surface area contributed by atoms with Crippen molar-refractivity contribution in [2.45, 2.75) is 184 Å². The number of aromatic hydroxyl groups is 1. The van der Waals surface area contributed by atoms with Gasteiger partial charge in [0, 0.05) is 0 Å². The summed E-state index contributed by atoms with van der Waals surface area (Å²) in [6.07, 6.45) is -60.7. The molecule has 0 amide bonds. The quantitative estimate of drug-likeness (QED) is 0.109. The summed E-state index contributed by atoms with van der Waals surface area (Å²) in [5.41, 5.74) is -0.703. The van der Waals surface area contributed by atoms with Crippen LogP contribution in [0.2, 0.25) is 0 Å². The molecule has 33 nitrogen and oxygen atoms in total. The first-order valence-corrected chi connectivity index (χ1v) is 23.9. The number of hydrogen-bond acceptors (Lipinski definition) is 32. The van der Waals surface area contributed by atoms with Gasteiger partial charge in [-0.2, -0.15) is 0 Å². The molecule has 0 saturated carbocycles. The van der Waals surface area contributed by atoms with Gasteiger partial charge < -0.3 is 159 Å². The fourth-order valence-electron chi connectivity index (χ4n) is 9.98. The number of carbonyl (C=O) groups is 1. The Kier molecular flexibility index (Phi) is 19.4. The molecule has 434 valence electrons. The van der Waals surface area contributed by atoms with E-state index in [0.717, 1.165) is 18.2 Å². The lowest BCUT2D eigenvalue weighted by molar-refractivity contribution is -0.403. The van der Waals surface area contributed by atoms with Crippen molar-refractivity contribution in [3.63, 3.8) is 0 Å². The van der Waals surface area contributed by atoms with Gasteiger partial charge >= 0.3 is 5.97 Å². The molecule has 0 radical (unpaired) electrons. The molecular weight excluding hydrogens is 1040 g/mol. The second-order valence-corrected chi connectivity index (χ2v) is 18.9. The zero-order chi connectivity index (χ0) is 55.2. The first-order valence-electron chi connectivity index (χ1n) is 23.9. The minimum Gasteiger partial charge on any atom is -0.504 e. The van der Waals surface area contributed by atoms with Gasteiger partial charge in [-0.3, -0.25) is 0 Å². The average Bonchev–Trinajstić information content (AvgIpc) is 3.41. The van der Waals surface area contributed by atoms with Crippen molar-refractivity contribution in [3.8, 4) is 11.5 Å². The molecule has 30 atom stereocenters. The topological polar surface area (TPSA) is 521 Å². The van der Waals surface area contributed by atoms with E-state index >= 15 is 0 Å². The van der Waals surface area contributed by atoms with E-state index in [1.807, 2.05) is 0 Å². The third-order valence-electron chi connectivity index (χ3n) is 14.1. The Hall–Kier alpha value is -2.87. The molecule has 22 fully saturated rings. The Morgan fingerprint density at radius 3 is 0.882 bits per heavy atom. The third-order valence-corrected chi connectivity index (χ3v) is 14.1. The molecule has 0 spiro atoms. The SMILES string of the molecule is O=C(O)c1cccc(O[C@@H]2[C@@H](O)[C@H]3O[C@H]4[C@H](O)[C@@H](O)[C@@H](O[C@H]5[C@H](O)[C@@H](O)[C@@H](O[C@H]6[C@H](O)[C@@H](O)[C@@H](O[C@H]7[C@H](O)[C@@H](O)[C@@H](O[C@H]8[C@H](O)[C@@H](O)[C@@H](O[C@H]2[C@@H](CO)O3)O[C@@H]8CO)O[C@@H]7CO)O[C@@H]6CO)O[C@@H]5CO)O[C@@H]4CO)c1O. The number of rotatable bonds is 9. The summed E-state index contributed by atoms with van der Waals surface area (Å²) in [6, 6.07) is 3.16. The minimum atomic E-state index is -2.27. The van der Waals surface area contributed by atoms with Gasteiger partial charge in [-0.1, -0.05) is 6.07 Å². The first kappa shape index (κ1) is 59.3. The smallest absolute Gasteiger partial charge is 0.339 e. The molecule has 22 saturated heterocycles. The highest BCUT2D eigenvalue weighted by molar-refractivity contribution is 5.91. The highest BCUT2D eigenvalue weighted by atomic mass is 16.8. The summed E-state index contributed by atoms with van der Waals surface area (Å²) < 4.78 is 75.1. The van der Waals surface area contributed by atoms with E-state index in [1.54, 1.807) is 0 Å². The summed E-state index contributed by atoms with van der Waals surface area (Å²) >= 11 is 0. The van der Waals surface area contributed by atoms with Crippen molar-refractivity contribution in [1.82, 2.24) is 0 Å². The van der Waals surface area contributed by atoms with Gasteiger partial charge in [-0.05, 0) is 12.1 Å². The van der Waals surface area contributed by atoms with Crippen LogP contribution in [0.25, 0.3) is 0 Å². The van der Waals surface area contributed by atoms with Crippen molar-refractivity contribution < 1.29 is 163 Å². The second kappa shape index (κ2) is 24.9. The summed E-state index contributed by atoms with van der Waals surface area (Å²) in [6.45, 7) is -6.36. The molecule has 0 aromatic heterocycles. The van der Waals surface area contributed by atoms with Crippen LogP contribution < -0.4 is 4.74 Å². The Morgan fingerprint density at radius 2 is 0.618 bits per heavy atom. The first-order chi connectivity index (χ1) is 36.2. The Bertz CT molecular complexity index is 2030. The van der Waals surface area contributed by atoms with E-state index in [-0.39, 0.29) is 0 Å². The molecule has 1 aromatic carbocycles. The van der Waals surface area contributed by atoms with Crippen LogP contribution in [0.3, 0.4) is 0 Å². The molecule has 76 heavy (non-hydrogen) atoms. The van der Waals surface area contributed by atoms with Gasteiger partial charge in [0.25, 0.3) is 0 Å². The Balaban J connectivity index is 1.15. The van der Waals surface area contributed by atoms with Crippen LogP contribution >= 0.6 is 0 Å². The van der Waals surface area contributed by atoms with Crippen LogP contribution in [0.5, 0.6) is 11.5 Å². The molecule has 12 bridgehead atoms. The van der Waals surface area contributed by atoms with Crippen LogP contribution in [-0.4, -0.2) is 327 Å². The Morgan fingerprint density at radius 1 is 0.368 bits per heavy atom. The number of ether oxygens (including phenoxy) is 13. The highest BCUT2D eigenvalue weighted by Crippen LogP contribution is 2.40. The van der Waals surface area contributed by atoms with Gasteiger partial charge in [0.15, 0.2) is 55.3 Å². The van der Waals surface area contributed by atoms with Crippen LogP contribution in [0, 0.1) is 0 Å². The van der Waals surface area contributed by atoms with E-state index in [0.29, 0.717) is 0 Å². The zero-order valence-electron chi connectivity index (χ0n) is 39.5. The van der Waals surface area contributed by atoms with Crippen molar-refractivity contribution in [3.05, 3.63) is 23.8 Å². The maximum atomic E-state index is 12.0. The van der Waals surface area contributed by atoms with Crippen LogP contribution in [0.1, 0.15) is 10.4 Å². The van der Waals surface area contributed by atoms with E-state index in [2.05, 4.69) is 0 Å². The summed E-state index contributed by atoms with van der Waals surface area (Å²) in [5.74, 6) is -3.28. The zero-order valence-corrected chi connectivity index (χ0v) is 39.5. The van der Waals surface area contributed by atoms with E-state index in [9.17, 15) is 102 Å². The lowest BCUT2D eigenvalue weighted by atomic mass is 9.94. The summed E-state index contributed by atoms with van der Waals surface area (Å²) in [7, 11) is 0. The van der Waals surface area contributed by atoms with Crippen LogP contribution in [0.4, 0.5) is 0 Å². The molecule has 1 aromatic rings. The highest BCUT2D eigenvalue weighted by Gasteiger charge is 2.59. The summed E-state index contributed by atoms with van der Waals surface area (Å²) in [4.78, 5) is 12.0. The van der Waals surface area contributed by atoms with Gasteiger partial charge in [-0.25, -0.2) is 4.79 Å². The molecule has 22 aliphatic rings. The van der Waals surface area contributed by atoms with Gasteiger partial charge in [0.05, 0.1) is 39.6 Å². The normalized spacial score (nSPS) is 49.5. The predicted molar refractivity (Wildman–Crippen MR) is 229 cm³/mol. The van der Waals surface area contributed by atoms with Crippen molar-refractivity contribution >= 4 is 5.97 Å². The van der Waals surface area contributed by atoms with E-state index in [4.69, 9.17) is 61.6 Å². The largest absolute Gasteiger partial charge is 0.504 e. The third kappa shape index (κ3) is 11.4. The van der Waals surface area contributed by atoms with E-state index < -0.39 is 247 Å². The number of aliphatic hydroxyl groups excluding tert-OH is 17. The lowest BCUT2D eigenvalue weighted by Gasteiger charge is -2.51.